The van der Waals surface area contributed by atoms with E-state index < -0.39 is 0 Å². The van der Waals surface area contributed by atoms with Crippen molar-refractivity contribution < 1.29 is 18.7 Å². The first kappa shape index (κ1) is 20.2. The van der Waals surface area contributed by atoms with Crippen LogP contribution in [0.5, 0.6) is 0 Å². The van der Waals surface area contributed by atoms with Crippen molar-refractivity contribution in [2.75, 3.05) is 38.2 Å². The van der Waals surface area contributed by atoms with E-state index >= 15 is 0 Å². The molecule has 1 saturated heterocycles. The fraction of sp³-hybridized carbons (Fsp3) is 0.333. The van der Waals surface area contributed by atoms with Crippen LogP contribution in [0, 0.1) is 19.7 Å². The van der Waals surface area contributed by atoms with Gasteiger partial charge in [0, 0.05) is 31.7 Å². The number of carbonyl (C=O) groups is 2. The average Bonchev–Trinajstić information content (AvgIpc) is 3.09. The van der Waals surface area contributed by atoms with Crippen molar-refractivity contribution in [1.82, 2.24) is 14.9 Å². The predicted molar refractivity (Wildman–Crippen MR) is 113 cm³/mol. The van der Waals surface area contributed by atoms with Crippen molar-refractivity contribution in [3.63, 3.8) is 0 Å². The summed E-state index contributed by atoms with van der Waals surface area (Å²) in [6.45, 7) is 5.94. The van der Waals surface area contributed by atoms with Gasteiger partial charge in [-0.25, -0.2) is 19.2 Å². The number of hydrogen-bond acceptors (Lipinski definition) is 7. The standard InChI is InChI=1S/C21H21FN4O3S/c1-12-16-18(23-13(2)24-19(16)30-17(12)21(28)29-3)25-8-10-26(11-9-25)20(27)14-4-6-15(22)7-5-14/h4-7H,8-11H2,1-3H3. The van der Waals surface area contributed by atoms with Crippen molar-refractivity contribution in [2.24, 2.45) is 0 Å². The number of rotatable bonds is 3. The van der Waals surface area contributed by atoms with Crippen LogP contribution in [-0.4, -0.2) is 60.0 Å². The number of methoxy groups -OCH3 is 1. The summed E-state index contributed by atoms with van der Waals surface area (Å²) >= 11 is 1.31. The molecule has 3 aromatic rings. The lowest BCUT2D eigenvalue weighted by Crippen LogP contribution is -2.49. The van der Waals surface area contributed by atoms with Gasteiger partial charge in [0.2, 0.25) is 0 Å². The molecule has 2 aromatic heterocycles. The van der Waals surface area contributed by atoms with Crippen LogP contribution >= 0.6 is 11.3 Å². The van der Waals surface area contributed by atoms with Gasteiger partial charge in [0.05, 0.1) is 12.5 Å². The second-order valence-corrected chi connectivity index (χ2v) is 8.11. The Kier molecular flexibility index (Phi) is 5.38. The number of fused-ring (bicyclic) bond motifs is 1. The van der Waals surface area contributed by atoms with Crippen LogP contribution < -0.4 is 4.90 Å². The first-order valence-corrected chi connectivity index (χ1v) is 10.4. The summed E-state index contributed by atoms with van der Waals surface area (Å²) in [6, 6.07) is 5.60. The van der Waals surface area contributed by atoms with Crippen LogP contribution in [0.2, 0.25) is 0 Å². The Morgan fingerprint density at radius 1 is 1.07 bits per heavy atom. The van der Waals surface area contributed by atoms with Gasteiger partial charge in [0.1, 0.15) is 27.2 Å². The second-order valence-electron chi connectivity index (χ2n) is 7.11. The maximum Gasteiger partial charge on any atom is 0.348 e. The fourth-order valence-corrected chi connectivity index (χ4v) is 4.77. The number of aromatic nitrogens is 2. The minimum atomic E-state index is -0.381. The number of halogens is 1. The number of aryl methyl sites for hydroxylation is 2. The van der Waals surface area contributed by atoms with Crippen molar-refractivity contribution in [3.8, 4) is 0 Å². The SMILES string of the molecule is COC(=O)c1sc2nc(C)nc(N3CCN(C(=O)c4ccc(F)cc4)CC3)c2c1C. The van der Waals surface area contributed by atoms with Gasteiger partial charge in [0.25, 0.3) is 5.91 Å². The number of hydrogen-bond donors (Lipinski definition) is 0. The molecule has 0 radical (unpaired) electrons. The Morgan fingerprint density at radius 3 is 2.37 bits per heavy atom. The quantitative estimate of drug-likeness (QED) is 0.597. The number of piperazine rings is 1. The zero-order chi connectivity index (χ0) is 21.4. The third-order valence-electron chi connectivity index (χ3n) is 5.21. The molecular weight excluding hydrogens is 407 g/mol. The Morgan fingerprint density at radius 2 is 1.73 bits per heavy atom. The number of amides is 1. The highest BCUT2D eigenvalue weighted by atomic mass is 32.1. The van der Waals surface area contributed by atoms with Gasteiger partial charge in [-0.05, 0) is 43.7 Å². The zero-order valence-electron chi connectivity index (χ0n) is 16.9. The molecule has 0 unspecified atom stereocenters. The smallest absolute Gasteiger partial charge is 0.348 e. The Balaban J connectivity index is 1.58. The van der Waals surface area contributed by atoms with Crippen molar-refractivity contribution in [3.05, 3.63) is 51.9 Å². The van der Waals surface area contributed by atoms with Crippen molar-refractivity contribution in [1.29, 1.82) is 0 Å². The molecule has 1 aliphatic heterocycles. The molecule has 0 N–H and O–H groups in total. The molecule has 1 aliphatic rings. The van der Waals surface area contributed by atoms with E-state index in [9.17, 15) is 14.0 Å². The number of ether oxygens (including phenoxy) is 1. The average molecular weight is 428 g/mol. The number of benzene rings is 1. The van der Waals surface area contributed by atoms with Gasteiger partial charge < -0.3 is 14.5 Å². The lowest BCUT2D eigenvalue weighted by molar-refractivity contribution is 0.0605. The van der Waals surface area contributed by atoms with Crippen LogP contribution in [0.3, 0.4) is 0 Å². The molecule has 156 valence electrons. The van der Waals surface area contributed by atoms with E-state index in [4.69, 9.17) is 4.74 Å². The van der Waals surface area contributed by atoms with Gasteiger partial charge in [-0.15, -0.1) is 11.3 Å². The topological polar surface area (TPSA) is 75.6 Å². The molecular formula is C21H21FN4O3S. The van der Waals surface area contributed by atoms with Crippen LogP contribution in [0.15, 0.2) is 24.3 Å². The van der Waals surface area contributed by atoms with Gasteiger partial charge >= 0.3 is 5.97 Å². The highest BCUT2D eigenvalue weighted by molar-refractivity contribution is 7.20. The molecule has 7 nitrogen and oxygen atoms in total. The molecule has 30 heavy (non-hydrogen) atoms. The lowest BCUT2D eigenvalue weighted by Gasteiger charge is -2.36. The molecule has 0 saturated carbocycles. The number of anilines is 1. The molecule has 0 atom stereocenters. The minimum Gasteiger partial charge on any atom is -0.465 e. The summed E-state index contributed by atoms with van der Waals surface area (Å²) in [6.07, 6.45) is 0. The van der Waals surface area contributed by atoms with Crippen LogP contribution in [0.4, 0.5) is 10.2 Å². The van der Waals surface area contributed by atoms with Crippen molar-refractivity contribution in [2.45, 2.75) is 13.8 Å². The van der Waals surface area contributed by atoms with E-state index in [1.807, 2.05) is 13.8 Å². The Hall–Kier alpha value is -3.07. The largest absolute Gasteiger partial charge is 0.465 e. The first-order chi connectivity index (χ1) is 14.4. The monoisotopic (exact) mass is 428 g/mol. The minimum absolute atomic E-state index is 0.113. The van der Waals surface area contributed by atoms with E-state index in [-0.39, 0.29) is 17.7 Å². The van der Waals surface area contributed by atoms with Gasteiger partial charge in [-0.3, -0.25) is 4.79 Å². The Bertz CT molecular complexity index is 1120. The van der Waals surface area contributed by atoms with E-state index in [0.717, 1.165) is 21.6 Å². The maximum absolute atomic E-state index is 13.1. The summed E-state index contributed by atoms with van der Waals surface area (Å²) in [5, 5.41) is 0.851. The fourth-order valence-electron chi connectivity index (χ4n) is 3.63. The summed E-state index contributed by atoms with van der Waals surface area (Å²) < 4.78 is 18.0. The van der Waals surface area contributed by atoms with Gasteiger partial charge in [-0.1, -0.05) is 0 Å². The lowest BCUT2D eigenvalue weighted by atomic mass is 10.1. The highest BCUT2D eigenvalue weighted by Gasteiger charge is 2.27. The third-order valence-corrected chi connectivity index (χ3v) is 6.38. The second kappa shape index (κ2) is 7.98. The number of nitrogens with zero attached hydrogens (tertiary/aromatic N) is 4. The van der Waals surface area contributed by atoms with Crippen LogP contribution in [-0.2, 0) is 4.74 Å². The normalized spacial score (nSPS) is 14.3. The Labute approximate surface area is 177 Å². The van der Waals surface area contributed by atoms with Gasteiger partial charge in [-0.2, -0.15) is 0 Å². The number of esters is 1. The summed E-state index contributed by atoms with van der Waals surface area (Å²) in [4.78, 5) is 39.1. The van der Waals surface area contributed by atoms with E-state index in [1.165, 1.54) is 42.7 Å². The highest BCUT2D eigenvalue weighted by Crippen LogP contribution is 2.36. The molecule has 3 heterocycles. The van der Waals surface area contributed by atoms with E-state index in [2.05, 4.69) is 14.9 Å². The van der Waals surface area contributed by atoms with Gasteiger partial charge in [0.15, 0.2) is 0 Å². The number of carbonyl (C=O) groups excluding carboxylic acids is 2. The summed E-state index contributed by atoms with van der Waals surface area (Å²) in [5.41, 5.74) is 1.28. The summed E-state index contributed by atoms with van der Waals surface area (Å²) in [7, 11) is 1.36. The molecule has 1 fully saturated rings. The molecule has 0 aliphatic carbocycles. The maximum atomic E-state index is 13.1. The number of thiophene rings is 1. The molecule has 9 heteroatoms. The predicted octanol–water partition coefficient (Wildman–Crippen LogP) is 3.20. The van der Waals surface area contributed by atoms with E-state index in [0.29, 0.717) is 42.4 Å². The summed E-state index contributed by atoms with van der Waals surface area (Å²) in [5.74, 6) is 0.541. The van der Waals surface area contributed by atoms with Crippen molar-refractivity contribution >= 4 is 39.2 Å². The molecule has 1 aromatic carbocycles. The molecule has 0 spiro atoms. The first-order valence-electron chi connectivity index (χ1n) is 9.55. The third kappa shape index (κ3) is 3.60. The van der Waals surface area contributed by atoms with Crippen LogP contribution in [0.25, 0.3) is 10.2 Å². The molecule has 4 rings (SSSR count). The van der Waals surface area contributed by atoms with E-state index in [1.54, 1.807) is 4.90 Å². The molecule has 0 bridgehead atoms. The zero-order valence-corrected chi connectivity index (χ0v) is 17.8. The van der Waals surface area contributed by atoms with Crippen LogP contribution in [0.1, 0.15) is 31.4 Å². The molecule has 1 amide bonds.